The minimum absolute atomic E-state index is 0.190. The number of hydrogen-bond donors (Lipinski definition) is 1. The van der Waals surface area contributed by atoms with Crippen molar-refractivity contribution < 1.29 is 18.7 Å². The summed E-state index contributed by atoms with van der Waals surface area (Å²) >= 11 is 0. The third-order valence-electron chi connectivity index (χ3n) is 5.75. The number of nitrogens with zero attached hydrogens (tertiary/aromatic N) is 1. The lowest BCUT2D eigenvalue weighted by Crippen LogP contribution is -2.51. The zero-order chi connectivity index (χ0) is 25.0. The fraction of sp³-hybridized carbons (Fsp3) is 0.310. The predicted octanol–water partition coefficient (Wildman–Crippen LogP) is 5.07. The average molecular weight is 477 g/mol. The summed E-state index contributed by atoms with van der Waals surface area (Å²) < 4.78 is 18.9. The van der Waals surface area contributed by atoms with E-state index in [1.54, 1.807) is 4.90 Å². The molecule has 1 atom stereocenters. The van der Waals surface area contributed by atoms with Crippen LogP contribution in [0.15, 0.2) is 78.9 Å². The Kier molecular flexibility index (Phi) is 9.84. The SMILES string of the molecule is CCCCNC(=O)[C@@H](Cc1ccccc1)N(Cc1ccc(C)cc1)C(=O)COc1ccc(F)cc1. The molecule has 0 aliphatic rings. The summed E-state index contributed by atoms with van der Waals surface area (Å²) in [4.78, 5) is 28.4. The van der Waals surface area contributed by atoms with Gasteiger partial charge in [-0.05, 0) is 48.7 Å². The van der Waals surface area contributed by atoms with Crippen molar-refractivity contribution in [2.75, 3.05) is 13.2 Å². The van der Waals surface area contributed by atoms with Gasteiger partial charge in [-0.15, -0.1) is 0 Å². The summed E-state index contributed by atoms with van der Waals surface area (Å²) in [5, 5.41) is 3.00. The van der Waals surface area contributed by atoms with E-state index in [0.717, 1.165) is 29.5 Å². The Labute approximate surface area is 206 Å². The van der Waals surface area contributed by atoms with Gasteiger partial charge in [0.15, 0.2) is 6.61 Å². The van der Waals surface area contributed by atoms with E-state index < -0.39 is 6.04 Å². The van der Waals surface area contributed by atoms with E-state index in [9.17, 15) is 14.0 Å². The normalized spacial score (nSPS) is 11.5. The molecule has 0 saturated carbocycles. The van der Waals surface area contributed by atoms with Crippen molar-refractivity contribution in [2.45, 2.75) is 45.7 Å². The molecule has 3 aromatic carbocycles. The highest BCUT2D eigenvalue weighted by atomic mass is 19.1. The van der Waals surface area contributed by atoms with Crippen molar-refractivity contribution in [3.8, 4) is 5.75 Å². The van der Waals surface area contributed by atoms with Gasteiger partial charge < -0.3 is 15.0 Å². The summed E-state index contributed by atoms with van der Waals surface area (Å²) in [5.74, 6) is -0.496. The number of amides is 2. The molecule has 6 heteroatoms. The summed E-state index contributed by atoms with van der Waals surface area (Å²) in [6.45, 7) is 4.63. The van der Waals surface area contributed by atoms with Gasteiger partial charge in [-0.3, -0.25) is 9.59 Å². The molecule has 3 rings (SSSR count). The van der Waals surface area contributed by atoms with Crippen LogP contribution in [0.3, 0.4) is 0 Å². The lowest BCUT2D eigenvalue weighted by atomic mass is 10.0. The molecule has 0 spiro atoms. The third-order valence-corrected chi connectivity index (χ3v) is 5.75. The number of ether oxygens (including phenoxy) is 1. The van der Waals surface area contributed by atoms with Gasteiger partial charge in [-0.25, -0.2) is 4.39 Å². The van der Waals surface area contributed by atoms with Gasteiger partial charge in [0.1, 0.15) is 17.6 Å². The maximum atomic E-state index is 13.5. The molecule has 5 nitrogen and oxygen atoms in total. The molecule has 0 fully saturated rings. The van der Waals surface area contributed by atoms with Crippen molar-refractivity contribution >= 4 is 11.8 Å². The quantitative estimate of drug-likeness (QED) is 0.372. The number of nitrogens with one attached hydrogen (secondary N) is 1. The second-order valence-corrected chi connectivity index (χ2v) is 8.60. The zero-order valence-corrected chi connectivity index (χ0v) is 20.4. The van der Waals surface area contributed by atoms with E-state index >= 15 is 0 Å². The van der Waals surface area contributed by atoms with E-state index in [4.69, 9.17) is 4.74 Å². The first-order valence-electron chi connectivity index (χ1n) is 12.0. The summed E-state index contributed by atoms with van der Waals surface area (Å²) in [7, 11) is 0. The highest BCUT2D eigenvalue weighted by Gasteiger charge is 2.30. The van der Waals surface area contributed by atoms with Crippen molar-refractivity contribution in [3.63, 3.8) is 0 Å². The fourth-order valence-corrected chi connectivity index (χ4v) is 3.71. The molecule has 0 bridgehead atoms. The molecule has 0 aliphatic carbocycles. The second kappa shape index (κ2) is 13.3. The van der Waals surface area contributed by atoms with E-state index in [2.05, 4.69) is 12.2 Å². The first-order valence-corrected chi connectivity index (χ1v) is 12.0. The molecule has 0 heterocycles. The van der Waals surface area contributed by atoms with Gasteiger partial charge >= 0.3 is 0 Å². The van der Waals surface area contributed by atoms with Crippen molar-refractivity contribution in [1.82, 2.24) is 10.2 Å². The first-order chi connectivity index (χ1) is 17.0. The Bertz CT molecular complexity index is 1070. The molecule has 184 valence electrons. The van der Waals surface area contributed by atoms with Crippen LogP contribution < -0.4 is 10.1 Å². The summed E-state index contributed by atoms with van der Waals surface area (Å²) in [6, 6.07) is 22.4. The lowest BCUT2D eigenvalue weighted by molar-refractivity contribution is -0.142. The molecule has 0 unspecified atom stereocenters. The van der Waals surface area contributed by atoms with E-state index in [-0.39, 0.29) is 30.8 Å². The van der Waals surface area contributed by atoms with Crippen LogP contribution in [0, 0.1) is 12.7 Å². The van der Waals surface area contributed by atoms with Crippen LogP contribution in [0.1, 0.15) is 36.5 Å². The summed E-state index contributed by atoms with van der Waals surface area (Å²) in [5.41, 5.74) is 3.00. The number of carbonyl (C=O) groups excluding carboxylic acids is 2. The average Bonchev–Trinajstić information content (AvgIpc) is 2.87. The standard InChI is InChI=1S/C29H33FN2O3/c1-3-4-18-31-29(34)27(19-23-8-6-5-7-9-23)32(20-24-12-10-22(2)11-13-24)28(33)21-35-26-16-14-25(30)15-17-26/h5-17,27H,3-4,18-21H2,1-2H3,(H,31,34)/t27-/m1/s1. The second-order valence-electron chi connectivity index (χ2n) is 8.60. The molecule has 3 aromatic rings. The summed E-state index contributed by atoms with van der Waals surface area (Å²) in [6.07, 6.45) is 2.21. The molecule has 35 heavy (non-hydrogen) atoms. The molecular formula is C29H33FN2O3. The van der Waals surface area contributed by atoms with Crippen molar-refractivity contribution in [3.05, 3.63) is 101 Å². The number of benzene rings is 3. The Balaban J connectivity index is 1.86. The van der Waals surface area contributed by atoms with Gasteiger partial charge in [-0.1, -0.05) is 73.5 Å². The van der Waals surface area contributed by atoms with Gasteiger partial charge in [-0.2, -0.15) is 0 Å². The number of unbranched alkanes of at least 4 members (excludes halogenated alkanes) is 1. The third kappa shape index (κ3) is 8.25. The zero-order valence-electron chi connectivity index (χ0n) is 20.4. The van der Waals surface area contributed by atoms with Crippen LogP contribution >= 0.6 is 0 Å². The molecule has 0 aromatic heterocycles. The maximum absolute atomic E-state index is 13.5. The van der Waals surface area contributed by atoms with Crippen LogP contribution in [0.4, 0.5) is 4.39 Å². The topological polar surface area (TPSA) is 58.6 Å². The largest absolute Gasteiger partial charge is 0.484 e. The highest BCUT2D eigenvalue weighted by Crippen LogP contribution is 2.17. The van der Waals surface area contributed by atoms with Crippen LogP contribution in [0.25, 0.3) is 0 Å². The van der Waals surface area contributed by atoms with Crippen molar-refractivity contribution in [1.29, 1.82) is 0 Å². The number of rotatable bonds is 12. The van der Waals surface area contributed by atoms with Gasteiger partial charge in [0.05, 0.1) is 0 Å². The molecular weight excluding hydrogens is 443 g/mol. The fourth-order valence-electron chi connectivity index (χ4n) is 3.71. The Morgan fingerprint density at radius 1 is 0.943 bits per heavy atom. The monoisotopic (exact) mass is 476 g/mol. The van der Waals surface area contributed by atoms with Crippen LogP contribution in [0.5, 0.6) is 5.75 Å². The molecule has 0 saturated heterocycles. The van der Waals surface area contributed by atoms with E-state index in [1.165, 1.54) is 24.3 Å². The minimum atomic E-state index is -0.708. The molecule has 1 N–H and O–H groups in total. The van der Waals surface area contributed by atoms with Gasteiger partial charge in [0.25, 0.3) is 5.91 Å². The smallest absolute Gasteiger partial charge is 0.261 e. The maximum Gasteiger partial charge on any atom is 0.261 e. The van der Waals surface area contributed by atoms with Gasteiger partial charge in [0, 0.05) is 19.5 Å². The van der Waals surface area contributed by atoms with Crippen LogP contribution in [0.2, 0.25) is 0 Å². The molecule has 2 amide bonds. The molecule has 0 radical (unpaired) electrons. The van der Waals surface area contributed by atoms with E-state index in [1.807, 2.05) is 61.5 Å². The lowest BCUT2D eigenvalue weighted by Gasteiger charge is -2.31. The number of halogens is 1. The number of hydrogen-bond acceptors (Lipinski definition) is 3. The Morgan fingerprint density at radius 3 is 2.29 bits per heavy atom. The van der Waals surface area contributed by atoms with Crippen molar-refractivity contribution in [2.24, 2.45) is 0 Å². The van der Waals surface area contributed by atoms with Crippen LogP contribution in [-0.2, 0) is 22.6 Å². The highest BCUT2D eigenvalue weighted by molar-refractivity contribution is 5.88. The van der Waals surface area contributed by atoms with Gasteiger partial charge in [0.2, 0.25) is 5.91 Å². The van der Waals surface area contributed by atoms with E-state index in [0.29, 0.717) is 18.7 Å². The van der Waals surface area contributed by atoms with Crippen LogP contribution in [-0.4, -0.2) is 35.9 Å². The Hall–Kier alpha value is -3.67. The number of aryl methyl sites for hydroxylation is 1. The first kappa shape index (κ1) is 25.9. The number of carbonyl (C=O) groups is 2. The molecule has 0 aliphatic heterocycles. The predicted molar refractivity (Wildman–Crippen MR) is 135 cm³/mol. The minimum Gasteiger partial charge on any atom is -0.484 e. The Morgan fingerprint density at radius 2 is 1.63 bits per heavy atom.